The Morgan fingerprint density at radius 1 is 1.63 bits per heavy atom. The second-order valence-electron chi connectivity index (χ2n) is 4.04. The van der Waals surface area contributed by atoms with Crippen LogP contribution in [0.1, 0.15) is 6.92 Å². The number of nitrogens with zero attached hydrogens (tertiary/aromatic N) is 4. The maximum absolute atomic E-state index is 8.94. The molecule has 7 heteroatoms. The Morgan fingerprint density at radius 2 is 2.47 bits per heavy atom. The first-order chi connectivity index (χ1) is 9.30. The Bertz CT molecular complexity index is 474. The summed E-state index contributed by atoms with van der Waals surface area (Å²) in [5, 5.41) is 12.1. The van der Waals surface area contributed by atoms with Gasteiger partial charge in [-0.05, 0) is 6.92 Å². The van der Waals surface area contributed by atoms with Crippen LogP contribution in [0.15, 0.2) is 6.33 Å². The molecule has 2 heterocycles. The van der Waals surface area contributed by atoms with Crippen LogP contribution < -0.4 is 15.0 Å². The van der Waals surface area contributed by atoms with Gasteiger partial charge in [0, 0.05) is 13.1 Å². The summed E-state index contributed by atoms with van der Waals surface area (Å²) < 4.78 is 10.7. The molecule has 0 amide bonds. The van der Waals surface area contributed by atoms with E-state index in [-0.39, 0.29) is 0 Å². The van der Waals surface area contributed by atoms with Crippen LogP contribution in [-0.4, -0.2) is 49.4 Å². The topological polar surface area (TPSA) is 83.3 Å². The summed E-state index contributed by atoms with van der Waals surface area (Å²) in [5.74, 6) is 1.95. The highest BCUT2D eigenvalue weighted by Gasteiger charge is 2.25. The van der Waals surface area contributed by atoms with Crippen molar-refractivity contribution in [3.8, 4) is 11.8 Å². The van der Waals surface area contributed by atoms with E-state index in [2.05, 4.69) is 21.4 Å². The molecule has 1 aliphatic heterocycles. The van der Waals surface area contributed by atoms with Gasteiger partial charge in [-0.3, -0.25) is 0 Å². The number of methoxy groups -OCH3 is 1. The van der Waals surface area contributed by atoms with Gasteiger partial charge in [-0.25, -0.2) is 9.97 Å². The second kappa shape index (κ2) is 6.20. The number of morpholine rings is 1. The molecule has 1 fully saturated rings. The molecule has 19 heavy (non-hydrogen) atoms. The van der Waals surface area contributed by atoms with Gasteiger partial charge in [-0.2, -0.15) is 5.26 Å². The molecule has 1 atom stereocenters. The van der Waals surface area contributed by atoms with Gasteiger partial charge in [0.05, 0.1) is 26.3 Å². The summed E-state index contributed by atoms with van der Waals surface area (Å²) >= 11 is 0. The molecular weight excluding hydrogens is 246 g/mol. The van der Waals surface area contributed by atoms with Crippen molar-refractivity contribution in [3.05, 3.63) is 6.33 Å². The van der Waals surface area contributed by atoms with Crippen molar-refractivity contribution in [3.63, 3.8) is 0 Å². The Kier molecular flexibility index (Phi) is 4.36. The minimum atomic E-state index is -0.434. The van der Waals surface area contributed by atoms with E-state index >= 15 is 0 Å². The number of anilines is 2. The summed E-state index contributed by atoms with van der Waals surface area (Å²) in [6.45, 7) is 4.40. The van der Waals surface area contributed by atoms with Crippen molar-refractivity contribution in [1.29, 1.82) is 5.26 Å². The molecule has 0 aromatic carbocycles. The van der Waals surface area contributed by atoms with Crippen molar-refractivity contribution >= 4 is 11.6 Å². The van der Waals surface area contributed by atoms with E-state index in [1.807, 2.05) is 11.8 Å². The highest BCUT2D eigenvalue weighted by molar-refractivity contribution is 5.65. The van der Waals surface area contributed by atoms with E-state index < -0.39 is 6.10 Å². The summed E-state index contributed by atoms with van der Waals surface area (Å²) in [6, 6.07) is 2.12. The van der Waals surface area contributed by atoms with Crippen molar-refractivity contribution in [2.45, 2.75) is 13.0 Å². The number of ether oxygens (including phenoxy) is 2. The van der Waals surface area contributed by atoms with Gasteiger partial charge >= 0.3 is 0 Å². The first kappa shape index (κ1) is 13.4. The predicted octanol–water partition coefficient (Wildman–Crippen LogP) is 0.646. The van der Waals surface area contributed by atoms with Gasteiger partial charge in [0.25, 0.3) is 0 Å². The second-order valence-corrected chi connectivity index (χ2v) is 4.04. The van der Waals surface area contributed by atoms with Crippen LogP contribution in [0.25, 0.3) is 0 Å². The number of hydrogen-bond acceptors (Lipinski definition) is 7. The highest BCUT2D eigenvalue weighted by Crippen LogP contribution is 2.32. The van der Waals surface area contributed by atoms with Gasteiger partial charge < -0.3 is 19.7 Å². The molecule has 1 aromatic rings. The third-order valence-electron chi connectivity index (χ3n) is 2.84. The first-order valence-corrected chi connectivity index (χ1v) is 6.19. The van der Waals surface area contributed by atoms with Crippen LogP contribution >= 0.6 is 0 Å². The molecule has 1 saturated heterocycles. The number of aromatic nitrogens is 2. The maximum Gasteiger partial charge on any atom is 0.204 e. The number of rotatable bonds is 4. The molecule has 102 valence electrons. The van der Waals surface area contributed by atoms with Gasteiger partial charge in [-0.15, -0.1) is 0 Å². The number of hydrogen-bond donors (Lipinski definition) is 1. The van der Waals surface area contributed by atoms with Crippen molar-refractivity contribution in [2.75, 3.05) is 43.6 Å². The molecule has 0 radical (unpaired) electrons. The van der Waals surface area contributed by atoms with E-state index in [1.54, 1.807) is 7.11 Å². The monoisotopic (exact) mass is 263 g/mol. The fraction of sp³-hybridized carbons (Fsp3) is 0.583. The molecule has 0 bridgehead atoms. The van der Waals surface area contributed by atoms with Crippen molar-refractivity contribution < 1.29 is 9.47 Å². The average Bonchev–Trinajstić information content (AvgIpc) is 2.47. The maximum atomic E-state index is 8.94. The molecule has 1 aliphatic rings. The SMILES string of the molecule is CCNc1ncnc(N2CCOC(C#N)C2)c1OC. The zero-order valence-corrected chi connectivity index (χ0v) is 11.1. The normalized spacial score (nSPS) is 18.8. The van der Waals surface area contributed by atoms with Crippen LogP contribution in [0.3, 0.4) is 0 Å². The molecular formula is C12H17N5O2. The van der Waals surface area contributed by atoms with Crippen LogP contribution in [0, 0.1) is 11.3 Å². The lowest BCUT2D eigenvalue weighted by molar-refractivity contribution is 0.0759. The molecule has 2 rings (SSSR count). The van der Waals surface area contributed by atoms with Gasteiger partial charge in [-0.1, -0.05) is 0 Å². The Hall–Kier alpha value is -2.07. The summed E-state index contributed by atoms with van der Waals surface area (Å²) in [5.41, 5.74) is 0. The molecule has 0 aliphatic carbocycles. The molecule has 1 aromatic heterocycles. The van der Waals surface area contributed by atoms with Crippen LogP contribution in [0.5, 0.6) is 5.75 Å². The molecule has 1 unspecified atom stereocenters. The third-order valence-corrected chi connectivity index (χ3v) is 2.84. The Labute approximate surface area is 112 Å². The minimum absolute atomic E-state index is 0.434. The van der Waals surface area contributed by atoms with Gasteiger partial charge in [0.1, 0.15) is 6.33 Å². The van der Waals surface area contributed by atoms with Crippen LogP contribution in [-0.2, 0) is 4.74 Å². The average molecular weight is 263 g/mol. The standard InChI is InChI=1S/C12H17N5O2/c1-3-14-11-10(18-2)12(16-8-15-11)17-4-5-19-9(6-13)7-17/h8-9H,3-5,7H2,1-2H3,(H,14,15,16). The van der Waals surface area contributed by atoms with E-state index in [0.717, 1.165) is 6.54 Å². The molecule has 7 nitrogen and oxygen atoms in total. The third kappa shape index (κ3) is 2.85. The van der Waals surface area contributed by atoms with E-state index in [4.69, 9.17) is 14.7 Å². The fourth-order valence-electron chi connectivity index (χ4n) is 1.99. The Morgan fingerprint density at radius 3 is 3.16 bits per heavy atom. The molecule has 1 N–H and O–H groups in total. The van der Waals surface area contributed by atoms with Crippen molar-refractivity contribution in [1.82, 2.24) is 9.97 Å². The summed E-state index contributed by atoms with van der Waals surface area (Å²) in [4.78, 5) is 10.4. The van der Waals surface area contributed by atoms with Gasteiger partial charge in [0.15, 0.2) is 17.7 Å². The molecule has 0 saturated carbocycles. The number of nitriles is 1. The Balaban J connectivity index is 2.28. The van der Waals surface area contributed by atoms with E-state index in [9.17, 15) is 0 Å². The highest BCUT2D eigenvalue weighted by atomic mass is 16.5. The number of nitrogens with one attached hydrogen (secondary N) is 1. The lowest BCUT2D eigenvalue weighted by atomic mass is 10.3. The fourth-order valence-corrected chi connectivity index (χ4v) is 1.99. The zero-order chi connectivity index (χ0) is 13.7. The zero-order valence-electron chi connectivity index (χ0n) is 11.1. The van der Waals surface area contributed by atoms with Crippen molar-refractivity contribution in [2.24, 2.45) is 0 Å². The van der Waals surface area contributed by atoms with Gasteiger partial charge in [0.2, 0.25) is 5.75 Å². The summed E-state index contributed by atoms with van der Waals surface area (Å²) in [7, 11) is 1.59. The van der Waals surface area contributed by atoms with E-state index in [1.165, 1.54) is 6.33 Å². The lowest BCUT2D eigenvalue weighted by Crippen LogP contribution is -2.42. The first-order valence-electron chi connectivity index (χ1n) is 6.19. The van der Waals surface area contributed by atoms with E-state index in [0.29, 0.717) is 37.1 Å². The van der Waals surface area contributed by atoms with Crippen LogP contribution in [0.2, 0.25) is 0 Å². The summed E-state index contributed by atoms with van der Waals surface area (Å²) in [6.07, 6.45) is 1.06. The molecule has 0 spiro atoms. The minimum Gasteiger partial charge on any atom is -0.490 e. The van der Waals surface area contributed by atoms with Crippen LogP contribution in [0.4, 0.5) is 11.6 Å². The lowest BCUT2D eigenvalue weighted by Gasteiger charge is -2.31. The quantitative estimate of drug-likeness (QED) is 0.853. The predicted molar refractivity (Wildman–Crippen MR) is 70.3 cm³/mol. The smallest absolute Gasteiger partial charge is 0.204 e. The largest absolute Gasteiger partial charge is 0.490 e.